The highest BCUT2D eigenvalue weighted by Crippen LogP contribution is 2.46. The number of nitrogens with one attached hydrogen (secondary N) is 1. The number of nitrogens with zero attached hydrogens (tertiary/aromatic N) is 3. The van der Waals surface area contributed by atoms with Crippen molar-refractivity contribution < 1.29 is 9.59 Å². The summed E-state index contributed by atoms with van der Waals surface area (Å²) in [5.74, 6) is 3.42. The third-order valence-corrected chi connectivity index (χ3v) is 11.4. The Hall–Kier alpha value is -1.40. The number of rotatable bonds is 3. The molecular weight excluding hydrogens is 448 g/mol. The molecule has 0 aliphatic carbocycles. The van der Waals surface area contributed by atoms with Gasteiger partial charge in [-0.2, -0.15) is 0 Å². The summed E-state index contributed by atoms with van der Waals surface area (Å²) >= 11 is 0. The Balaban J connectivity index is 1.06. The second kappa shape index (κ2) is 9.72. The Morgan fingerprint density at radius 2 is 1.64 bits per heavy atom. The zero-order chi connectivity index (χ0) is 24.2. The second-order valence-corrected chi connectivity index (χ2v) is 13.2. The molecule has 0 saturated carbocycles. The highest BCUT2D eigenvalue weighted by molar-refractivity contribution is 5.78. The lowest BCUT2D eigenvalue weighted by Gasteiger charge is -2.59. The van der Waals surface area contributed by atoms with Crippen LogP contribution in [0.2, 0.25) is 0 Å². The van der Waals surface area contributed by atoms with Crippen LogP contribution < -0.4 is 5.32 Å². The van der Waals surface area contributed by atoms with Crippen LogP contribution in [-0.4, -0.2) is 83.4 Å². The zero-order valence-electron chi connectivity index (χ0n) is 22.1. The van der Waals surface area contributed by atoms with Crippen molar-refractivity contribution in [2.24, 2.45) is 23.7 Å². The Labute approximate surface area is 217 Å². The van der Waals surface area contributed by atoms with Gasteiger partial charge in [-0.25, -0.2) is 0 Å². The molecule has 6 heteroatoms. The van der Waals surface area contributed by atoms with E-state index in [-0.39, 0.29) is 0 Å². The molecule has 0 aromatic rings. The van der Waals surface area contributed by atoms with Crippen LogP contribution in [0.25, 0.3) is 0 Å². The highest BCUT2D eigenvalue weighted by Gasteiger charge is 2.51. The molecular formula is C30H46N4O2. The molecule has 198 valence electrons. The molecule has 0 radical (unpaired) electrons. The molecule has 7 rings (SSSR count). The molecule has 7 aliphatic rings. The minimum Gasteiger partial charge on any atom is -0.339 e. The Morgan fingerprint density at radius 1 is 0.861 bits per heavy atom. The molecule has 0 aromatic carbocycles. The first-order chi connectivity index (χ1) is 17.7. The van der Waals surface area contributed by atoms with Crippen LogP contribution in [0.5, 0.6) is 0 Å². The SMILES string of the molecule is O=C1CCCC2C3CCCNC3C(CC/C=C3/CC4C5C(CCCN5C3)CN3C(=O)CCCC43)CN12. The number of hydrogen-bond acceptors (Lipinski definition) is 4. The molecule has 7 saturated heterocycles. The average Bonchev–Trinajstić information content (AvgIpc) is 2.90. The molecule has 8 unspecified atom stereocenters. The van der Waals surface area contributed by atoms with Gasteiger partial charge in [-0.3, -0.25) is 14.5 Å². The van der Waals surface area contributed by atoms with Crippen molar-refractivity contribution in [1.29, 1.82) is 0 Å². The summed E-state index contributed by atoms with van der Waals surface area (Å²) in [6, 6.07) is 2.27. The summed E-state index contributed by atoms with van der Waals surface area (Å²) < 4.78 is 0. The fraction of sp³-hybridized carbons (Fsp3) is 0.867. The van der Waals surface area contributed by atoms with E-state index in [1.54, 1.807) is 5.57 Å². The second-order valence-electron chi connectivity index (χ2n) is 13.2. The maximum Gasteiger partial charge on any atom is 0.222 e. The summed E-state index contributed by atoms with van der Waals surface area (Å²) in [5, 5.41) is 3.90. The monoisotopic (exact) mass is 494 g/mol. The number of allylic oxidation sites excluding steroid dienone is 1. The molecule has 0 aromatic heterocycles. The van der Waals surface area contributed by atoms with Crippen molar-refractivity contribution in [3.8, 4) is 0 Å². The van der Waals surface area contributed by atoms with Crippen molar-refractivity contribution in [1.82, 2.24) is 20.0 Å². The fourth-order valence-electron chi connectivity index (χ4n) is 9.97. The van der Waals surface area contributed by atoms with Crippen molar-refractivity contribution in [3.63, 3.8) is 0 Å². The van der Waals surface area contributed by atoms with Gasteiger partial charge >= 0.3 is 0 Å². The van der Waals surface area contributed by atoms with E-state index in [0.29, 0.717) is 59.7 Å². The quantitative estimate of drug-likeness (QED) is 0.610. The molecule has 7 fully saturated rings. The van der Waals surface area contributed by atoms with Gasteiger partial charge in [-0.05, 0) is 107 Å². The molecule has 1 N–H and O–H groups in total. The topological polar surface area (TPSA) is 55.9 Å². The van der Waals surface area contributed by atoms with Crippen LogP contribution in [-0.2, 0) is 9.59 Å². The van der Waals surface area contributed by atoms with Crippen molar-refractivity contribution in [2.45, 2.75) is 108 Å². The summed E-state index contributed by atoms with van der Waals surface area (Å²) in [7, 11) is 0. The van der Waals surface area contributed by atoms with E-state index >= 15 is 0 Å². The maximum absolute atomic E-state index is 12.8. The van der Waals surface area contributed by atoms with Crippen LogP contribution in [0, 0.1) is 23.7 Å². The third-order valence-electron chi connectivity index (χ3n) is 11.4. The molecule has 7 heterocycles. The largest absolute Gasteiger partial charge is 0.339 e. The summed E-state index contributed by atoms with van der Waals surface area (Å²) in [5.41, 5.74) is 1.63. The Kier molecular flexibility index (Phi) is 6.40. The normalized spacial score (nSPS) is 44.1. The molecule has 7 aliphatic heterocycles. The summed E-state index contributed by atoms with van der Waals surface area (Å²) in [4.78, 5) is 33.0. The van der Waals surface area contributed by atoms with E-state index in [4.69, 9.17) is 0 Å². The van der Waals surface area contributed by atoms with Gasteiger partial charge in [0.25, 0.3) is 0 Å². The molecule has 6 nitrogen and oxygen atoms in total. The number of carbonyl (C=O) groups excluding carboxylic acids is 2. The van der Waals surface area contributed by atoms with Gasteiger partial charge in [0.1, 0.15) is 0 Å². The highest BCUT2D eigenvalue weighted by atomic mass is 16.2. The molecule has 2 amide bonds. The number of amides is 2. The first-order valence-corrected chi connectivity index (χ1v) is 15.4. The number of piperidine rings is 7. The number of hydrogen-bond donors (Lipinski definition) is 1. The van der Waals surface area contributed by atoms with Gasteiger partial charge in [0, 0.05) is 56.6 Å². The molecule has 0 spiro atoms. The van der Waals surface area contributed by atoms with E-state index in [9.17, 15) is 9.59 Å². The fourth-order valence-corrected chi connectivity index (χ4v) is 9.97. The third kappa shape index (κ3) is 4.05. The lowest BCUT2D eigenvalue weighted by atomic mass is 9.67. The zero-order valence-corrected chi connectivity index (χ0v) is 22.1. The van der Waals surface area contributed by atoms with Crippen LogP contribution in [0.3, 0.4) is 0 Å². The van der Waals surface area contributed by atoms with Crippen LogP contribution in [0.15, 0.2) is 11.6 Å². The van der Waals surface area contributed by atoms with E-state index < -0.39 is 0 Å². The van der Waals surface area contributed by atoms with Crippen molar-refractivity contribution >= 4 is 11.8 Å². The summed E-state index contributed by atoms with van der Waals surface area (Å²) in [6.45, 7) is 5.53. The van der Waals surface area contributed by atoms with Gasteiger partial charge in [0.05, 0.1) is 0 Å². The van der Waals surface area contributed by atoms with Crippen molar-refractivity contribution in [3.05, 3.63) is 11.6 Å². The maximum atomic E-state index is 12.8. The number of fused-ring (bicyclic) bond motifs is 5. The Bertz CT molecular complexity index is 903. The molecule has 0 bridgehead atoms. The minimum atomic E-state index is 0.417. The smallest absolute Gasteiger partial charge is 0.222 e. The minimum absolute atomic E-state index is 0.417. The lowest BCUT2D eigenvalue weighted by Crippen LogP contribution is -2.66. The first-order valence-electron chi connectivity index (χ1n) is 15.4. The lowest BCUT2D eigenvalue weighted by molar-refractivity contribution is -0.149. The molecule has 8 atom stereocenters. The van der Waals surface area contributed by atoms with Crippen LogP contribution in [0.4, 0.5) is 0 Å². The Morgan fingerprint density at radius 3 is 2.47 bits per heavy atom. The van der Waals surface area contributed by atoms with Gasteiger partial charge in [-0.1, -0.05) is 11.6 Å². The standard InChI is InChI=1S/C30H46N4O2/c35-27-12-2-10-25-23-9-4-14-31-29(23)21(18-33(25)27)7-1-6-20-16-24-26-11-3-13-28(36)34(26)19-22-8-5-15-32(17-20)30(22)24/h6,21-26,29-31H,1-5,7-19H2/b20-6-. The van der Waals surface area contributed by atoms with E-state index in [0.717, 1.165) is 58.3 Å². The predicted octanol–water partition coefficient (Wildman–Crippen LogP) is 3.57. The molecule has 36 heavy (non-hydrogen) atoms. The van der Waals surface area contributed by atoms with E-state index in [1.165, 1.54) is 57.9 Å². The van der Waals surface area contributed by atoms with Crippen LogP contribution >= 0.6 is 0 Å². The van der Waals surface area contributed by atoms with E-state index in [1.807, 2.05) is 0 Å². The van der Waals surface area contributed by atoms with E-state index in [2.05, 4.69) is 26.1 Å². The van der Waals surface area contributed by atoms with Crippen LogP contribution in [0.1, 0.15) is 83.5 Å². The van der Waals surface area contributed by atoms with Crippen molar-refractivity contribution in [2.75, 3.05) is 32.7 Å². The first kappa shape index (κ1) is 23.7. The van der Waals surface area contributed by atoms with Gasteiger partial charge in [0.15, 0.2) is 0 Å². The predicted molar refractivity (Wildman–Crippen MR) is 140 cm³/mol. The number of carbonyl (C=O) groups is 2. The average molecular weight is 495 g/mol. The van der Waals surface area contributed by atoms with Gasteiger partial charge in [0.2, 0.25) is 11.8 Å². The van der Waals surface area contributed by atoms with Gasteiger partial charge in [-0.15, -0.1) is 0 Å². The summed E-state index contributed by atoms with van der Waals surface area (Å²) in [6.07, 6.45) is 17.4. The van der Waals surface area contributed by atoms with Gasteiger partial charge < -0.3 is 15.1 Å².